The highest BCUT2D eigenvalue weighted by molar-refractivity contribution is 5.97. The Bertz CT molecular complexity index is 795. The van der Waals surface area contributed by atoms with E-state index in [-0.39, 0.29) is 30.8 Å². The molecule has 0 aromatic heterocycles. The first-order chi connectivity index (χ1) is 12.6. The predicted molar refractivity (Wildman–Crippen MR) is 108 cm³/mol. The van der Waals surface area contributed by atoms with Gasteiger partial charge in [-0.2, -0.15) is 0 Å². The molecule has 1 aliphatic heterocycles. The van der Waals surface area contributed by atoms with Gasteiger partial charge in [-0.3, -0.25) is 9.59 Å². The lowest BCUT2D eigenvalue weighted by Gasteiger charge is -2.17. The summed E-state index contributed by atoms with van der Waals surface area (Å²) in [7, 11) is 1.50. The summed E-state index contributed by atoms with van der Waals surface area (Å²) < 4.78 is 4.87. The molecule has 2 aromatic carbocycles. The average molecular weight is 390 g/mol. The Morgan fingerprint density at radius 2 is 1.89 bits per heavy atom. The van der Waals surface area contributed by atoms with E-state index in [1.54, 1.807) is 12.1 Å². The van der Waals surface area contributed by atoms with E-state index >= 15 is 0 Å². The van der Waals surface area contributed by atoms with E-state index < -0.39 is 6.04 Å². The summed E-state index contributed by atoms with van der Waals surface area (Å²) in [5, 5.41) is 2.74. The molecule has 1 aliphatic rings. The molecule has 0 radical (unpaired) electrons. The van der Waals surface area contributed by atoms with Crippen LogP contribution in [0.1, 0.15) is 11.1 Å². The van der Waals surface area contributed by atoms with Crippen LogP contribution in [-0.4, -0.2) is 38.1 Å². The number of hydrogen-bond donors (Lipinski definition) is 2. The van der Waals surface area contributed by atoms with E-state index in [1.807, 2.05) is 35.2 Å². The number of anilines is 2. The monoisotopic (exact) mass is 389 g/mol. The highest BCUT2D eigenvalue weighted by Crippen LogP contribution is 2.28. The number of carbonyl (C=O) groups is 2. The van der Waals surface area contributed by atoms with Gasteiger partial charge in [-0.1, -0.05) is 30.3 Å². The van der Waals surface area contributed by atoms with Crippen molar-refractivity contribution in [2.24, 2.45) is 5.73 Å². The average Bonchev–Trinajstić information content (AvgIpc) is 3.07. The Morgan fingerprint density at radius 1 is 1.19 bits per heavy atom. The van der Waals surface area contributed by atoms with Gasteiger partial charge in [0.2, 0.25) is 11.8 Å². The van der Waals surface area contributed by atoms with Crippen molar-refractivity contribution >= 4 is 35.6 Å². The van der Waals surface area contributed by atoms with Gasteiger partial charge in [-0.05, 0) is 35.7 Å². The fraction of sp³-hybridized carbons (Fsp3) is 0.300. The Morgan fingerprint density at radius 3 is 2.59 bits per heavy atom. The van der Waals surface area contributed by atoms with Crippen LogP contribution in [0.3, 0.4) is 0 Å². The molecule has 1 atom stereocenters. The zero-order valence-corrected chi connectivity index (χ0v) is 16.0. The second-order valence-corrected chi connectivity index (χ2v) is 6.35. The molecule has 3 N–H and O–H groups in total. The second-order valence-electron chi connectivity index (χ2n) is 6.35. The van der Waals surface area contributed by atoms with Crippen LogP contribution in [0.5, 0.6) is 0 Å². The number of carbonyl (C=O) groups excluding carboxylic acids is 2. The molecule has 2 amide bonds. The first-order valence-electron chi connectivity index (χ1n) is 8.61. The van der Waals surface area contributed by atoms with E-state index in [0.29, 0.717) is 12.1 Å². The number of para-hydroxylation sites is 1. The number of fused-ring (bicyclic) bond motifs is 1. The predicted octanol–water partition coefficient (Wildman–Crippen LogP) is 2.15. The van der Waals surface area contributed by atoms with Crippen molar-refractivity contribution in [2.45, 2.75) is 18.9 Å². The van der Waals surface area contributed by atoms with Crippen molar-refractivity contribution in [1.29, 1.82) is 0 Å². The number of ether oxygens (including phenoxy) is 1. The smallest absolute Gasteiger partial charge is 0.243 e. The highest BCUT2D eigenvalue weighted by Gasteiger charge is 2.24. The Balaban J connectivity index is 0.00000261. The number of nitrogens with two attached hydrogens (primary N) is 1. The third-order valence-corrected chi connectivity index (χ3v) is 4.45. The summed E-state index contributed by atoms with van der Waals surface area (Å²) in [4.78, 5) is 26.3. The van der Waals surface area contributed by atoms with Gasteiger partial charge in [0.05, 0.1) is 13.0 Å². The second kappa shape index (κ2) is 9.50. The molecule has 1 unspecified atom stereocenters. The van der Waals surface area contributed by atoms with Crippen molar-refractivity contribution in [3.8, 4) is 0 Å². The maximum Gasteiger partial charge on any atom is 0.243 e. The lowest BCUT2D eigenvalue weighted by molar-refractivity contribution is -0.119. The van der Waals surface area contributed by atoms with Gasteiger partial charge >= 0.3 is 0 Å². The van der Waals surface area contributed by atoms with E-state index in [9.17, 15) is 9.59 Å². The van der Waals surface area contributed by atoms with E-state index in [0.717, 1.165) is 24.2 Å². The van der Waals surface area contributed by atoms with Crippen LogP contribution in [0, 0.1) is 0 Å². The van der Waals surface area contributed by atoms with Gasteiger partial charge in [-0.25, -0.2) is 0 Å². The minimum absolute atomic E-state index is 0. The first-order valence-corrected chi connectivity index (χ1v) is 8.61. The van der Waals surface area contributed by atoms with Gasteiger partial charge in [0, 0.05) is 25.0 Å². The SMILES string of the molecule is COCC(N)C(=O)Nc1ccc(CC(=O)N2CCc3ccccc32)cc1.Cl. The fourth-order valence-electron chi connectivity index (χ4n) is 3.06. The van der Waals surface area contributed by atoms with Gasteiger partial charge < -0.3 is 20.7 Å². The van der Waals surface area contributed by atoms with Crippen molar-refractivity contribution < 1.29 is 14.3 Å². The Hall–Kier alpha value is -2.41. The van der Waals surface area contributed by atoms with E-state index in [2.05, 4.69) is 11.4 Å². The summed E-state index contributed by atoms with van der Waals surface area (Å²) in [5.41, 5.74) is 9.46. The van der Waals surface area contributed by atoms with Gasteiger partial charge in [0.1, 0.15) is 6.04 Å². The molecule has 7 heteroatoms. The van der Waals surface area contributed by atoms with Crippen LogP contribution in [0.15, 0.2) is 48.5 Å². The van der Waals surface area contributed by atoms with Crippen molar-refractivity contribution in [2.75, 3.05) is 30.5 Å². The number of rotatable bonds is 6. The molecule has 1 heterocycles. The third-order valence-electron chi connectivity index (χ3n) is 4.45. The normalized spacial score (nSPS) is 13.5. The fourth-order valence-corrected chi connectivity index (χ4v) is 3.06. The van der Waals surface area contributed by atoms with Crippen molar-refractivity contribution in [3.05, 3.63) is 59.7 Å². The van der Waals surface area contributed by atoms with Crippen LogP contribution in [0.25, 0.3) is 0 Å². The number of amides is 2. The van der Waals surface area contributed by atoms with Crippen LogP contribution < -0.4 is 16.0 Å². The van der Waals surface area contributed by atoms with E-state index in [4.69, 9.17) is 10.5 Å². The number of nitrogens with zero attached hydrogens (tertiary/aromatic N) is 1. The van der Waals surface area contributed by atoms with Crippen LogP contribution in [-0.2, 0) is 27.2 Å². The Labute approximate surface area is 165 Å². The molecule has 0 bridgehead atoms. The Kier molecular flexibility index (Phi) is 7.36. The molecule has 0 saturated heterocycles. The molecule has 0 saturated carbocycles. The molecule has 144 valence electrons. The zero-order valence-electron chi connectivity index (χ0n) is 15.2. The summed E-state index contributed by atoms with van der Waals surface area (Å²) in [6, 6.07) is 14.5. The lowest BCUT2D eigenvalue weighted by Crippen LogP contribution is -2.39. The van der Waals surface area contributed by atoms with Gasteiger partial charge in [-0.15, -0.1) is 12.4 Å². The van der Waals surface area contributed by atoms with Crippen molar-refractivity contribution in [3.63, 3.8) is 0 Å². The maximum absolute atomic E-state index is 12.6. The number of methoxy groups -OCH3 is 1. The third kappa shape index (κ3) is 5.07. The van der Waals surface area contributed by atoms with Crippen molar-refractivity contribution in [1.82, 2.24) is 0 Å². The maximum atomic E-state index is 12.6. The molecular weight excluding hydrogens is 366 g/mol. The minimum atomic E-state index is -0.712. The number of benzene rings is 2. The number of halogens is 1. The summed E-state index contributed by atoms with van der Waals surface area (Å²) in [6.07, 6.45) is 1.22. The van der Waals surface area contributed by atoms with Gasteiger partial charge in [0.15, 0.2) is 0 Å². The largest absolute Gasteiger partial charge is 0.383 e. The summed E-state index contributed by atoms with van der Waals surface area (Å²) >= 11 is 0. The number of hydrogen-bond acceptors (Lipinski definition) is 4. The number of nitrogens with one attached hydrogen (secondary N) is 1. The highest BCUT2D eigenvalue weighted by atomic mass is 35.5. The van der Waals surface area contributed by atoms with Gasteiger partial charge in [0.25, 0.3) is 0 Å². The lowest BCUT2D eigenvalue weighted by atomic mass is 10.1. The topological polar surface area (TPSA) is 84.7 Å². The molecule has 0 spiro atoms. The molecule has 27 heavy (non-hydrogen) atoms. The van der Waals surface area contributed by atoms with Crippen LogP contribution in [0.4, 0.5) is 11.4 Å². The summed E-state index contributed by atoms with van der Waals surface area (Å²) in [5.74, 6) is -0.224. The minimum Gasteiger partial charge on any atom is -0.383 e. The standard InChI is InChI=1S/C20H23N3O3.ClH/c1-26-13-17(21)20(25)22-16-8-6-14(7-9-16)12-19(24)23-11-10-15-4-2-3-5-18(15)23;/h2-9,17H,10-13,21H2,1H3,(H,22,25);1H. The van der Waals surface area contributed by atoms with E-state index in [1.165, 1.54) is 12.7 Å². The summed E-state index contributed by atoms with van der Waals surface area (Å²) in [6.45, 7) is 0.888. The van der Waals surface area contributed by atoms with Crippen LogP contribution >= 0.6 is 12.4 Å². The molecule has 2 aromatic rings. The molecular formula is C20H24ClN3O3. The molecule has 0 aliphatic carbocycles. The first kappa shape index (κ1) is 20.9. The molecule has 3 rings (SSSR count). The zero-order chi connectivity index (χ0) is 18.5. The quantitative estimate of drug-likeness (QED) is 0.792. The molecule has 0 fully saturated rings. The molecule has 6 nitrogen and oxygen atoms in total. The van der Waals surface area contributed by atoms with Crippen LogP contribution in [0.2, 0.25) is 0 Å².